The fourth-order valence-corrected chi connectivity index (χ4v) is 3.24. The molecule has 1 aromatic carbocycles. The third-order valence-electron chi connectivity index (χ3n) is 2.69. The Labute approximate surface area is 141 Å². The second-order valence-electron chi connectivity index (χ2n) is 4.49. The van der Waals surface area contributed by atoms with Crippen LogP contribution in [0, 0.1) is 0 Å². The number of rotatable bonds is 8. The highest BCUT2D eigenvalue weighted by Crippen LogP contribution is 2.25. The summed E-state index contributed by atoms with van der Waals surface area (Å²) in [5.74, 6) is -1.23. The maximum absolute atomic E-state index is 12.0. The van der Waals surface area contributed by atoms with Gasteiger partial charge in [-0.25, -0.2) is 4.79 Å². The van der Waals surface area contributed by atoms with Crippen LogP contribution in [0.4, 0.5) is 10.8 Å². The molecule has 0 saturated carbocycles. The van der Waals surface area contributed by atoms with Gasteiger partial charge >= 0.3 is 5.97 Å². The highest BCUT2D eigenvalue weighted by molar-refractivity contribution is 8.01. The van der Waals surface area contributed by atoms with Crippen LogP contribution >= 0.6 is 23.1 Å². The Morgan fingerprint density at radius 3 is 2.83 bits per heavy atom. The smallest absolute Gasteiger partial charge is 0.337 e. The Morgan fingerprint density at radius 1 is 1.30 bits per heavy atom. The SMILES string of the molecule is CCCNc1nnc(SCC(=O)Nc2ccccc2C(=O)O)s1. The molecular formula is C14H16N4O3S2. The number of aromatic nitrogens is 2. The van der Waals surface area contributed by atoms with Crippen molar-refractivity contribution in [2.24, 2.45) is 0 Å². The third kappa shape index (κ3) is 5.22. The number of carboxylic acids is 1. The number of hydrogen-bond donors (Lipinski definition) is 3. The first-order chi connectivity index (χ1) is 11.1. The van der Waals surface area contributed by atoms with Crippen LogP contribution in [0.1, 0.15) is 23.7 Å². The third-order valence-corrected chi connectivity index (χ3v) is 4.71. The molecule has 122 valence electrons. The van der Waals surface area contributed by atoms with E-state index in [4.69, 9.17) is 5.11 Å². The maximum Gasteiger partial charge on any atom is 0.337 e. The van der Waals surface area contributed by atoms with Gasteiger partial charge in [0, 0.05) is 6.54 Å². The molecule has 0 aliphatic rings. The number of para-hydroxylation sites is 1. The number of nitrogens with one attached hydrogen (secondary N) is 2. The van der Waals surface area contributed by atoms with Crippen LogP contribution in [0.25, 0.3) is 0 Å². The van der Waals surface area contributed by atoms with E-state index in [1.165, 1.54) is 29.2 Å². The Hall–Kier alpha value is -2.13. The standard InChI is InChI=1S/C14H16N4O3S2/c1-2-7-15-13-17-18-14(23-13)22-8-11(19)16-10-6-4-3-5-9(10)12(20)21/h3-6H,2,7-8H2,1H3,(H,15,17)(H,16,19)(H,20,21). The summed E-state index contributed by atoms with van der Waals surface area (Å²) < 4.78 is 0.685. The summed E-state index contributed by atoms with van der Waals surface area (Å²) in [4.78, 5) is 23.0. The van der Waals surface area contributed by atoms with Gasteiger partial charge in [0.2, 0.25) is 11.0 Å². The monoisotopic (exact) mass is 352 g/mol. The van der Waals surface area contributed by atoms with Gasteiger partial charge in [0.25, 0.3) is 0 Å². The first-order valence-electron chi connectivity index (χ1n) is 6.92. The lowest BCUT2D eigenvalue weighted by molar-refractivity contribution is -0.113. The number of carbonyl (C=O) groups excluding carboxylic acids is 1. The highest BCUT2D eigenvalue weighted by Gasteiger charge is 2.13. The normalized spacial score (nSPS) is 10.3. The molecule has 0 aliphatic heterocycles. The van der Waals surface area contributed by atoms with Crippen LogP contribution < -0.4 is 10.6 Å². The van der Waals surface area contributed by atoms with E-state index in [2.05, 4.69) is 27.8 Å². The van der Waals surface area contributed by atoms with Gasteiger partial charge in [0.15, 0.2) is 4.34 Å². The first kappa shape index (κ1) is 17.2. The topological polar surface area (TPSA) is 104 Å². The van der Waals surface area contributed by atoms with Crippen LogP contribution in [-0.2, 0) is 4.79 Å². The molecule has 0 bridgehead atoms. The molecule has 0 atom stereocenters. The predicted molar refractivity (Wildman–Crippen MR) is 91.4 cm³/mol. The summed E-state index contributed by atoms with van der Waals surface area (Å²) in [5, 5.41) is 23.5. The number of nitrogens with zero attached hydrogens (tertiary/aromatic N) is 2. The minimum atomic E-state index is -1.08. The Kier molecular flexibility index (Phi) is 6.36. The summed E-state index contributed by atoms with van der Waals surface area (Å²) in [6.07, 6.45) is 0.994. The number of hydrogen-bond acceptors (Lipinski definition) is 7. The quantitative estimate of drug-likeness (QED) is 0.627. The van der Waals surface area contributed by atoms with E-state index >= 15 is 0 Å². The lowest BCUT2D eigenvalue weighted by atomic mass is 10.2. The summed E-state index contributed by atoms with van der Waals surface area (Å²) in [6, 6.07) is 6.29. The van der Waals surface area contributed by atoms with Crippen molar-refractivity contribution in [3.63, 3.8) is 0 Å². The number of thioether (sulfide) groups is 1. The van der Waals surface area contributed by atoms with Gasteiger partial charge in [0.1, 0.15) is 0 Å². The summed E-state index contributed by atoms with van der Waals surface area (Å²) >= 11 is 2.65. The number of carboxylic acid groups (broad SMARTS) is 1. The number of amides is 1. The van der Waals surface area contributed by atoms with Crippen molar-refractivity contribution in [1.82, 2.24) is 10.2 Å². The van der Waals surface area contributed by atoms with E-state index in [9.17, 15) is 9.59 Å². The fraction of sp³-hybridized carbons (Fsp3) is 0.286. The molecule has 3 N–H and O–H groups in total. The van der Waals surface area contributed by atoms with E-state index in [0.29, 0.717) is 4.34 Å². The molecule has 9 heteroatoms. The first-order valence-corrected chi connectivity index (χ1v) is 8.72. The Morgan fingerprint density at radius 2 is 2.09 bits per heavy atom. The Bertz CT molecular complexity index is 690. The molecule has 0 unspecified atom stereocenters. The average molecular weight is 352 g/mol. The van der Waals surface area contributed by atoms with E-state index in [0.717, 1.165) is 18.1 Å². The Balaban J connectivity index is 1.88. The summed E-state index contributed by atoms with van der Waals surface area (Å²) in [7, 11) is 0. The molecule has 0 radical (unpaired) electrons. The van der Waals surface area contributed by atoms with Crippen molar-refractivity contribution < 1.29 is 14.7 Å². The maximum atomic E-state index is 12.0. The van der Waals surface area contributed by atoms with Crippen molar-refractivity contribution in [3.05, 3.63) is 29.8 Å². The second-order valence-corrected chi connectivity index (χ2v) is 6.69. The van der Waals surface area contributed by atoms with Crippen molar-refractivity contribution in [2.75, 3.05) is 22.9 Å². The van der Waals surface area contributed by atoms with Gasteiger partial charge in [-0.2, -0.15) is 0 Å². The molecule has 1 heterocycles. The molecule has 1 aromatic heterocycles. The van der Waals surface area contributed by atoms with Crippen LogP contribution in [-0.4, -0.2) is 39.5 Å². The molecule has 0 spiro atoms. The van der Waals surface area contributed by atoms with E-state index in [-0.39, 0.29) is 22.9 Å². The molecule has 23 heavy (non-hydrogen) atoms. The molecule has 2 aromatic rings. The highest BCUT2D eigenvalue weighted by atomic mass is 32.2. The minimum Gasteiger partial charge on any atom is -0.478 e. The van der Waals surface area contributed by atoms with Crippen LogP contribution in [0.15, 0.2) is 28.6 Å². The predicted octanol–water partition coefficient (Wildman–Crippen LogP) is 2.79. The van der Waals surface area contributed by atoms with Crippen molar-refractivity contribution >= 4 is 45.8 Å². The largest absolute Gasteiger partial charge is 0.478 e. The molecule has 2 rings (SSSR count). The molecular weight excluding hydrogens is 336 g/mol. The average Bonchev–Trinajstić information content (AvgIpc) is 2.99. The van der Waals surface area contributed by atoms with Crippen molar-refractivity contribution in [3.8, 4) is 0 Å². The van der Waals surface area contributed by atoms with Crippen LogP contribution in [0.3, 0.4) is 0 Å². The number of aromatic carboxylic acids is 1. The minimum absolute atomic E-state index is 0.0628. The number of benzene rings is 1. The van der Waals surface area contributed by atoms with Crippen LogP contribution in [0.2, 0.25) is 0 Å². The molecule has 7 nitrogen and oxygen atoms in total. The lowest BCUT2D eigenvalue weighted by Gasteiger charge is -2.07. The molecule has 0 saturated heterocycles. The van der Waals surface area contributed by atoms with E-state index < -0.39 is 5.97 Å². The second kappa shape index (κ2) is 8.49. The van der Waals surface area contributed by atoms with E-state index in [1.54, 1.807) is 18.2 Å². The lowest BCUT2D eigenvalue weighted by Crippen LogP contribution is -2.16. The van der Waals surface area contributed by atoms with Crippen molar-refractivity contribution in [1.29, 1.82) is 0 Å². The van der Waals surface area contributed by atoms with Gasteiger partial charge in [-0.3, -0.25) is 4.79 Å². The van der Waals surface area contributed by atoms with Gasteiger partial charge in [-0.05, 0) is 18.6 Å². The zero-order valence-corrected chi connectivity index (χ0v) is 14.0. The van der Waals surface area contributed by atoms with Gasteiger partial charge in [-0.15, -0.1) is 10.2 Å². The number of carbonyl (C=O) groups is 2. The number of anilines is 2. The zero-order chi connectivity index (χ0) is 16.7. The molecule has 0 aliphatic carbocycles. The van der Waals surface area contributed by atoms with Crippen LogP contribution in [0.5, 0.6) is 0 Å². The fourth-order valence-electron chi connectivity index (χ4n) is 1.66. The van der Waals surface area contributed by atoms with Crippen molar-refractivity contribution in [2.45, 2.75) is 17.7 Å². The summed E-state index contributed by atoms with van der Waals surface area (Å²) in [5.41, 5.74) is 0.348. The van der Waals surface area contributed by atoms with Gasteiger partial charge in [-0.1, -0.05) is 42.2 Å². The van der Waals surface area contributed by atoms with Gasteiger partial charge in [0.05, 0.1) is 17.0 Å². The molecule has 1 amide bonds. The van der Waals surface area contributed by atoms with Gasteiger partial charge < -0.3 is 15.7 Å². The summed E-state index contributed by atoms with van der Waals surface area (Å²) in [6.45, 7) is 2.88. The molecule has 0 fully saturated rings. The van der Waals surface area contributed by atoms with E-state index in [1.807, 2.05) is 0 Å². The zero-order valence-electron chi connectivity index (χ0n) is 12.4.